The third-order valence-electron chi connectivity index (χ3n) is 6.80. The van der Waals surface area contributed by atoms with Crippen LogP contribution in [-0.2, 0) is 14.2 Å². The highest BCUT2D eigenvalue weighted by molar-refractivity contribution is 5.98. The Balaban J connectivity index is 1.77. The third kappa shape index (κ3) is 7.52. The summed E-state index contributed by atoms with van der Waals surface area (Å²) in [6.45, 7) is 14.5. The molecule has 0 radical (unpaired) electrons. The first-order valence-electron chi connectivity index (χ1n) is 14.6. The second-order valence-corrected chi connectivity index (χ2v) is 12.6. The van der Waals surface area contributed by atoms with Crippen LogP contribution in [0.4, 0.5) is 26.8 Å². The maximum Gasteiger partial charge on any atom is 0.420 e. The molecule has 0 saturated carbocycles. The number of amides is 2. The highest BCUT2D eigenvalue weighted by Gasteiger charge is 2.34. The maximum absolute atomic E-state index is 13.9. The zero-order valence-electron chi connectivity index (χ0n) is 26.8. The molecular weight excluding hydrogens is 564 g/mol. The van der Waals surface area contributed by atoms with Crippen molar-refractivity contribution in [2.45, 2.75) is 72.1 Å². The van der Waals surface area contributed by atoms with Crippen molar-refractivity contribution in [3.8, 4) is 11.8 Å². The van der Waals surface area contributed by atoms with E-state index in [0.717, 1.165) is 0 Å². The van der Waals surface area contributed by atoms with E-state index in [1.54, 1.807) is 73.8 Å². The summed E-state index contributed by atoms with van der Waals surface area (Å²) in [6, 6.07) is 11.0. The molecular formula is C32H42N6O6. The zero-order chi connectivity index (χ0) is 32.2. The van der Waals surface area contributed by atoms with Gasteiger partial charge in [0.2, 0.25) is 0 Å². The van der Waals surface area contributed by atoms with Gasteiger partial charge in [0.25, 0.3) is 0 Å². The number of pyridine rings is 1. The van der Waals surface area contributed by atoms with Crippen molar-refractivity contribution in [2.24, 2.45) is 0 Å². The molecule has 4 rings (SSSR count). The van der Waals surface area contributed by atoms with Gasteiger partial charge in [-0.2, -0.15) is 10.4 Å². The Morgan fingerprint density at radius 2 is 1.75 bits per heavy atom. The number of aromatic nitrogens is 2. The van der Waals surface area contributed by atoms with Crippen LogP contribution in [0.1, 0.15) is 59.1 Å². The van der Waals surface area contributed by atoms with Crippen LogP contribution in [0.5, 0.6) is 5.75 Å². The number of methoxy groups -OCH3 is 1. The molecule has 1 aliphatic rings. The normalized spacial score (nSPS) is 15.2. The SMILES string of the molecule is COCCOc1ccc(N(C(=O)OC(C)(C)C)c2c(C)c(N[C@H]3CCN(C(=O)OC(C)(C)C)C3)c(C#N)c3ccnn23)cc1. The van der Waals surface area contributed by atoms with Gasteiger partial charge in [-0.1, -0.05) is 0 Å². The number of hydrogen-bond acceptors (Lipinski definition) is 9. The first-order valence-corrected chi connectivity index (χ1v) is 14.6. The summed E-state index contributed by atoms with van der Waals surface area (Å²) in [6.07, 6.45) is 1.25. The minimum Gasteiger partial charge on any atom is -0.491 e. The van der Waals surface area contributed by atoms with E-state index in [9.17, 15) is 14.9 Å². The number of anilines is 3. The minimum atomic E-state index is -0.779. The second kappa shape index (κ2) is 13.0. The summed E-state index contributed by atoms with van der Waals surface area (Å²) in [5.74, 6) is 1.03. The molecule has 12 nitrogen and oxygen atoms in total. The fraction of sp³-hybridized carbons (Fsp3) is 0.500. The summed E-state index contributed by atoms with van der Waals surface area (Å²) >= 11 is 0. The molecule has 3 heterocycles. The monoisotopic (exact) mass is 606 g/mol. The van der Waals surface area contributed by atoms with Crippen LogP contribution in [0.15, 0.2) is 36.5 Å². The number of carbonyl (C=O) groups is 2. The molecule has 1 atom stereocenters. The third-order valence-corrected chi connectivity index (χ3v) is 6.80. The number of hydrogen-bond donors (Lipinski definition) is 1. The first-order chi connectivity index (χ1) is 20.7. The van der Waals surface area contributed by atoms with Gasteiger partial charge in [0.05, 0.1) is 29.7 Å². The van der Waals surface area contributed by atoms with Crippen molar-refractivity contribution < 1.29 is 28.5 Å². The van der Waals surface area contributed by atoms with Gasteiger partial charge in [0, 0.05) is 31.8 Å². The Morgan fingerprint density at radius 3 is 2.36 bits per heavy atom. The summed E-state index contributed by atoms with van der Waals surface area (Å²) in [5.41, 5.74) is 1.20. The number of benzene rings is 1. The molecule has 1 fully saturated rings. The van der Waals surface area contributed by atoms with Gasteiger partial charge in [0.15, 0.2) is 0 Å². The van der Waals surface area contributed by atoms with E-state index < -0.39 is 17.3 Å². The van der Waals surface area contributed by atoms with E-state index in [1.807, 2.05) is 27.7 Å². The van der Waals surface area contributed by atoms with Crippen molar-refractivity contribution in [1.82, 2.24) is 14.5 Å². The average molecular weight is 607 g/mol. The van der Waals surface area contributed by atoms with Crippen LogP contribution in [0.25, 0.3) is 5.52 Å². The van der Waals surface area contributed by atoms with E-state index in [-0.39, 0.29) is 12.1 Å². The molecule has 1 aromatic carbocycles. The number of likely N-dealkylation sites (tertiary alicyclic amines) is 1. The van der Waals surface area contributed by atoms with Crippen LogP contribution < -0.4 is 15.0 Å². The van der Waals surface area contributed by atoms with Crippen molar-refractivity contribution in [3.05, 3.63) is 47.7 Å². The van der Waals surface area contributed by atoms with Gasteiger partial charge in [-0.3, -0.25) is 0 Å². The van der Waals surface area contributed by atoms with E-state index in [4.69, 9.17) is 18.9 Å². The standard InChI is InChI=1S/C32H42N6O6/c1-21-27(35-22-14-16-36(20-22)29(39)43-31(2,3)4)25(19-33)26-13-15-34-38(26)28(21)37(30(40)44-32(5,6)7)23-9-11-24(12-10-23)42-18-17-41-8/h9-13,15,22,35H,14,16-18,20H2,1-8H3/t22-/m0/s1. The zero-order valence-corrected chi connectivity index (χ0v) is 26.8. The highest BCUT2D eigenvalue weighted by Crippen LogP contribution is 2.38. The molecule has 1 aliphatic heterocycles. The summed E-state index contributed by atoms with van der Waals surface area (Å²) < 4.78 is 23.8. The van der Waals surface area contributed by atoms with Gasteiger partial charge in [-0.05, 0) is 85.2 Å². The maximum atomic E-state index is 13.9. The molecule has 0 spiro atoms. The van der Waals surface area contributed by atoms with Gasteiger partial charge in [-0.15, -0.1) is 0 Å². The molecule has 2 aromatic heterocycles. The number of nitrogens with one attached hydrogen (secondary N) is 1. The number of fused-ring (bicyclic) bond motifs is 1. The topological polar surface area (TPSA) is 131 Å². The molecule has 44 heavy (non-hydrogen) atoms. The van der Waals surface area contributed by atoms with Gasteiger partial charge < -0.3 is 29.2 Å². The van der Waals surface area contributed by atoms with E-state index in [2.05, 4.69) is 16.5 Å². The number of ether oxygens (including phenoxy) is 4. The van der Waals surface area contributed by atoms with Crippen molar-refractivity contribution >= 4 is 34.9 Å². The van der Waals surface area contributed by atoms with Gasteiger partial charge in [-0.25, -0.2) is 19.0 Å². The van der Waals surface area contributed by atoms with Gasteiger partial charge >= 0.3 is 12.2 Å². The average Bonchev–Trinajstić information content (AvgIpc) is 3.60. The van der Waals surface area contributed by atoms with Crippen LogP contribution in [0.2, 0.25) is 0 Å². The summed E-state index contributed by atoms with van der Waals surface area (Å²) in [4.78, 5) is 29.7. The molecule has 12 heteroatoms. The van der Waals surface area contributed by atoms with Gasteiger partial charge in [0.1, 0.15) is 41.0 Å². The minimum absolute atomic E-state index is 0.148. The number of nitrogens with zero attached hydrogens (tertiary/aromatic N) is 5. The number of nitriles is 1. The fourth-order valence-electron chi connectivity index (χ4n) is 4.93. The second-order valence-electron chi connectivity index (χ2n) is 12.6. The lowest BCUT2D eigenvalue weighted by atomic mass is 10.1. The fourth-order valence-corrected chi connectivity index (χ4v) is 4.93. The van der Waals surface area contributed by atoms with Crippen LogP contribution >= 0.6 is 0 Å². The van der Waals surface area contributed by atoms with Crippen LogP contribution in [-0.4, -0.2) is 77.4 Å². The van der Waals surface area contributed by atoms with Crippen LogP contribution in [0.3, 0.4) is 0 Å². The Kier molecular flexibility index (Phi) is 9.59. The lowest BCUT2D eigenvalue weighted by Gasteiger charge is -2.30. The Morgan fingerprint density at radius 1 is 1.07 bits per heavy atom. The molecule has 236 valence electrons. The molecule has 1 saturated heterocycles. The molecule has 3 aromatic rings. The summed E-state index contributed by atoms with van der Waals surface area (Å²) in [7, 11) is 1.61. The molecule has 0 bridgehead atoms. The Hall–Kier alpha value is -4.50. The Labute approximate surface area is 258 Å². The van der Waals surface area contributed by atoms with Crippen molar-refractivity contribution in [3.63, 3.8) is 0 Å². The smallest absolute Gasteiger partial charge is 0.420 e. The van der Waals surface area contributed by atoms with Crippen LogP contribution in [0, 0.1) is 18.3 Å². The number of carbonyl (C=O) groups excluding carboxylic acids is 2. The lowest BCUT2D eigenvalue weighted by molar-refractivity contribution is 0.0293. The molecule has 0 aliphatic carbocycles. The van der Waals surface area contributed by atoms with E-state index in [1.165, 1.54) is 4.90 Å². The quantitative estimate of drug-likeness (QED) is 0.305. The highest BCUT2D eigenvalue weighted by atomic mass is 16.6. The first kappa shape index (κ1) is 32.4. The van der Waals surface area contributed by atoms with Crippen molar-refractivity contribution in [1.29, 1.82) is 5.26 Å². The molecule has 2 amide bonds. The Bertz CT molecular complexity index is 1530. The van der Waals surface area contributed by atoms with E-state index in [0.29, 0.717) is 72.3 Å². The van der Waals surface area contributed by atoms with E-state index >= 15 is 0 Å². The molecule has 0 unspecified atom stereocenters. The largest absolute Gasteiger partial charge is 0.491 e. The van der Waals surface area contributed by atoms with Crippen molar-refractivity contribution in [2.75, 3.05) is 43.6 Å². The summed E-state index contributed by atoms with van der Waals surface area (Å²) in [5, 5.41) is 18.3. The number of rotatable bonds is 8. The predicted octanol–water partition coefficient (Wildman–Crippen LogP) is 6.03. The molecule has 1 N–H and O–H groups in total. The lowest BCUT2D eigenvalue weighted by Crippen LogP contribution is -2.37. The predicted molar refractivity (Wildman–Crippen MR) is 167 cm³/mol.